The average molecular weight is 330 g/mol. The van der Waals surface area contributed by atoms with Crippen molar-refractivity contribution in [1.82, 2.24) is 25.3 Å². The van der Waals surface area contributed by atoms with Crippen LogP contribution in [0.25, 0.3) is 0 Å². The number of aromatic nitrogens is 4. The molecule has 7 nitrogen and oxygen atoms in total. The van der Waals surface area contributed by atoms with Crippen LogP contribution < -0.4 is 10.2 Å². The summed E-state index contributed by atoms with van der Waals surface area (Å²) in [6.45, 7) is 1.66. The predicted octanol–water partition coefficient (Wildman–Crippen LogP) is 1.14. The minimum atomic E-state index is 0.00304. The van der Waals surface area contributed by atoms with E-state index in [1.165, 1.54) is 11.8 Å². The van der Waals surface area contributed by atoms with Crippen molar-refractivity contribution in [2.24, 2.45) is 0 Å². The molecule has 2 aromatic heterocycles. The molecule has 8 heteroatoms. The predicted molar refractivity (Wildman–Crippen MR) is 88.2 cm³/mol. The minimum absolute atomic E-state index is 0.00304. The van der Waals surface area contributed by atoms with Gasteiger partial charge in [0, 0.05) is 43.9 Å². The van der Waals surface area contributed by atoms with Crippen molar-refractivity contribution in [3.05, 3.63) is 36.9 Å². The molecule has 1 amide bonds. The number of amides is 1. The van der Waals surface area contributed by atoms with Gasteiger partial charge < -0.3 is 10.2 Å². The second-order valence-electron chi connectivity index (χ2n) is 5.22. The van der Waals surface area contributed by atoms with Crippen LogP contribution >= 0.6 is 11.8 Å². The summed E-state index contributed by atoms with van der Waals surface area (Å²) in [5.41, 5.74) is 0. The van der Waals surface area contributed by atoms with E-state index in [1.807, 2.05) is 0 Å². The largest absolute Gasteiger partial charge is 0.351 e. The third-order valence-electron chi connectivity index (χ3n) is 3.50. The zero-order valence-corrected chi connectivity index (χ0v) is 13.4. The fraction of sp³-hybridized carbons (Fsp3) is 0.400. The summed E-state index contributed by atoms with van der Waals surface area (Å²) in [7, 11) is 0. The van der Waals surface area contributed by atoms with Crippen molar-refractivity contribution in [1.29, 1.82) is 0 Å². The van der Waals surface area contributed by atoms with Crippen molar-refractivity contribution in [2.45, 2.75) is 24.0 Å². The molecule has 1 aliphatic heterocycles. The molecule has 0 spiro atoms. The lowest BCUT2D eigenvalue weighted by Gasteiger charge is -2.33. The van der Waals surface area contributed by atoms with Gasteiger partial charge in [0.2, 0.25) is 11.9 Å². The van der Waals surface area contributed by atoms with E-state index in [2.05, 4.69) is 30.2 Å². The smallest absolute Gasteiger partial charge is 0.230 e. The topological polar surface area (TPSA) is 83.9 Å². The first kappa shape index (κ1) is 15.7. The minimum Gasteiger partial charge on any atom is -0.351 e. The van der Waals surface area contributed by atoms with E-state index in [0.717, 1.165) is 31.9 Å². The lowest BCUT2D eigenvalue weighted by molar-refractivity contribution is -0.119. The molecule has 0 aromatic carbocycles. The Morgan fingerprint density at radius 2 is 1.87 bits per heavy atom. The third-order valence-corrected chi connectivity index (χ3v) is 4.37. The Hall–Kier alpha value is -2.22. The summed E-state index contributed by atoms with van der Waals surface area (Å²) in [4.78, 5) is 30.9. The zero-order chi connectivity index (χ0) is 15.9. The van der Waals surface area contributed by atoms with E-state index in [4.69, 9.17) is 0 Å². The van der Waals surface area contributed by atoms with Gasteiger partial charge >= 0.3 is 0 Å². The van der Waals surface area contributed by atoms with E-state index in [0.29, 0.717) is 10.9 Å². The second kappa shape index (κ2) is 7.87. The molecule has 0 saturated carbocycles. The molecule has 3 rings (SSSR count). The van der Waals surface area contributed by atoms with Crippen LogP contribution in [0.3, 0.4) is 0 Å². The van der Waals surface area contributed by atoms with Crippen LogP contribution in [-0.4, -0.2) is 50.7 Å². The molecule has 1 atom stereocenters. The molecule has 1 fully saturated rings. The lowest BCUT2D eigenvalue weighted by atomic mass is 10.1. The van der Waals surface area contributed by atoms with Gasteiger partial charge in [-0.3, -0.25) is 4.79 Å². The Balaban J connectivity index is 1.48. The van der Waals surface area contributed by atoms with Gasteiger partial charge in [0.1, 0.15) is 0 Å². The highest BCUT2D eigenvalue weighted by Gasteiger charge is 2.22. The molecule has 0 aliphatic carbocycles. The molecule has 0 unspecified atom stereocenters. The number of thioether (sulfide) groups is 1. The number of carbonyl (C=O) groups is 1. The SMILES string of the molecule is O=C(CSc1ncccn1)N[C@H]1CCCN(c2ncccn2)C1. The second-order valence-corrected chi connectivity index (χ2v) is 6.16. The molecule has 2 aromatic rings. The fourth-order valence-electron chi connectivity index (χ4n) is 2.49. The summed E-state index contributed by atoms with van der Waals surface area (Å²) in [6.07, 6.45) is 8.81. The van der Waals surface area contributed by atoms with E-state index in [-0.39, 0.29) is 11.9 Å². The molecule has 3 heterocycles. The van der Waals surface area contributed by atoms with Crippen molar-refractivity contribution in [3.8, 4) is 0 Å². The summed E-state index contributed by atoms with van der Waals surface area (Å²) in [5.74, 6) is 1.05. The quantitative estimate of drug-likeness (QED) is 0.650. The summed E-state index contributed by atoms with van der Waals surface area (Å²) in [5, 5.41) is 3.69. The van der Waals surface area contributed by atoms with Gasteiger partial charge in [-0.05, 0) is 25.0 Å². The van der Waals surface area contributed by atoms with Crippen molar-refractivity contribution < 1.29 is 4.79 Å². The highest BCUT2D eigenvalue weighted by Crippen LogP contribution is 2.16. The molecule has 1 N–H and O–H groups in total. The standard InChI is InChI=1S/C15H18N6OS/c22-13(11-23-15-18-7-3-8-19-15)20-12-4-1-9-21(10-12)14-16-5-2-6-17-14/h2-3,5-8,12H,1,4,9-11H2,(H,20,22)/t12-/m0/s1. The number of hydrogen-bond acceptors (Lipinski definition) is 7. The van der Waals surface area contributed by atoms with E-state index >= 15 is 0 Å². The molecule has 120 valence electrons. The number of anilines is 1. The molecule has 0 bridgehead atoms. The fourth-order valence-corrected chi connectivity index (χ4v) is 3.10. The van der Waals surface area contributed by atoms with E-state index in [1.54, 1.807) is 36.9 Å². The van der Waals surface area contributed by atoms with Gasteiger partial charge in [-0.15, -0.1) is 0 Å². The van der Waals surface area contributed by atoms with Crippen LogP contribution in [0.2, 0.25) is 0 Å². The van der Waals surface area contributed by atoms with Crippen LogP contribution in [0.1, 0.15) is 12.8 Å². The van der Waals surface area contributed by atoms with Gasteiger partial charge in [0.25, 0.3) is 0 Å². The average Bonchev–Trinajstić information content (AvgIpc) is 2.62. The van der Waals surface area contributed by atoms with Crippen molar-refractivity contribution in [2.75, 3.05) is 23.7 Å². The lowest BCUT2D eigenvalue weighted by Crippen LogP contribution is -2.48. The van der Waals surface area contributed by atoms with Crippen molar-refractivity contribution >= 4 is 23.6 Å². The highest BCUT2D eigenvalue weighted by atomic mass is 32.2. The zero-order valence-electron chi connectivity index (χ0n) is 12.6. The molecule has 23 heavy (non-hydrogen) atoms. The van der Waals surface area contributed by atoms with Gasteiger partial charge in [-0.1, -0.05) is 11.8 Å². The Morgan fingerprint density at radius 1 is 1.17 bits per heavy atom. The normalized spacial score (nSPS) is 17.7. The molecule has 0 radical (unpaired) electrons. The first-order valence-corrected chi connectivity index (χ1v) is 8.51. The molecule has 1 saturated heterocycles. The maximum absolute atomic E-state index is 12.1. The highest BCUT2D eigenvalue weighted by molar-refractivity contribution is 7.99. The first-order chi connectivity index (χ1) is 11.3. The Bertz CT molecular complexity index is 626. The molecule has 1 aliphatic rings. The number of hydrogen-bond donors (Lipinski definition) is 1. The monoisotopic (exact) mass is 330 g/mol. The van der Waals surface area contributed by atoms with Gasteiger partial charge in [0.05, 0.1) is 5.75 Å². The van der Waals surface area contributed by atoms with Gasteiger partial charge in [-0.2, -0.15) is 0 Å². The van der Waals surface area contributed by atoms with Crippen LogP contribution in [-0.2, 0) is 4.79 Å². The number of rotatable bonds is 5. The van der Waals surface area contributed by atoms with E-state index in [9.17, 15) is 4.79 Å². The van der Waals surface area contributed by atoms with Gasteiger partial charge in [0.15, 0.2) is 5.16 Å². The summed E-state index contributed by atoms with van der Waals surface area (Å²) >= 11 is 1.34. The van der Waals surface area contributed by atoms with Crippen molar-refractivity contribution in [3.63, 3.8) is 0 Å². The van der Waals surface area contributed by atoms with E-state index < -0.39 is 0 Å². The number of carbonyl (C=O) groups excluding carboxylic acids is 1. The maximum Gasteiger partial charge on any atom is 0.230 e. The van der Waals surface area contributed by atoms with Crippen LogP contribution in [0.4, 0.5) is 5.95 Å². The third kappa shape index (κ3) is 4.62. The first-order valence-electron chi connectivity index (χ1n) is 7.52. The molecular formula is C15H18N6OS. The number of nitrogens with one attached hydrogen (secondary N) is 1. The molecular weight excluding hydrogens is 312 g/mol. The Kier molecular flexibility index (Phi) is 5.36. The van der Waals surface area contributed by atoms with Gasteiger partial charge in [-0.25, -0.2) is 19.9 Å². The van der Waals surface area contributed by atoms with Crippen LogP contribution in [0, 0.1) is 0 Å². The number of piperidine rings is 1. The van der Waals surface area contributed by atoms with Crippen LogP contribution in [0.5, 0.6) is 0 Å². The number of nitrogens with zero attached hydrogens (tertiary/aromatic N) is 5. The Morgan fingerprint density at radius 3 is 2.61 bits per heavy atom. The Labute approximate surface area is 139 Å². The summed E-state index contributed by atoms with van der Waals surface area (Å²) < 4.78 is 0. The summed E-state index contributed by atoms with van der Waals surface area (Å²) in [6, 6.07) is 3.68. The van der Waals surface area contributed by atoms with Crippen LogP contribution in [0.15, 0.2) is 42.1 Å². The maximum atomic E-state index is 12.1.